The number of thioether (sulfide) groups is 1. The summed E-state index contributed by atoms with van der Waals surface area (Å²) in [5.74, 6) is 1.33. The van der Waals surface area contributed by atoms with E-state index in [1.54, 1.807) is 0 Å². The van der Waals surface area contributed by atoms with E-state index in [2.05, 4.69) is 28.9 Å². The molecular weight excluding hydrogens is 380 g/mol. The van der Waals surface area contributed by atoms with Gasteiger partial charge in [-0.3, -0.25) is 9.36 Å². The predicted molar refractivity (Wildman–Crippen MR) is 117 cm³/mol. The van der Waals surface area contributed by atoms with Gasteiger partial charge in [0.2, 0.25) is 5.91 Å². The summed E-state index contributed by atoms with van der Waals surface area (Å²) >= 11 is 1.46. The third kappa shape index (κ3) is 4.22. The highest BCUT2D eigenvalue weighted by molar-refractivity contribution is 7.99. The first-order chi connectivity index (χ1) is 14.1. The highest BCUT2D eigenvalue weighted by atomic mass is 32.2. The number of benzene rings is 2. The van der Waals surface area contributed by atoms with Crippen molar-refractivity contribution < 1.29 is 4.79 Å². The molecule has 0 spiro atoms. The zero-order valence-electron chi connectivity index (χ0n) is 16.9. The Hall–Kier alpha value is -2.60. The molecule has 150 valence electrons. The Kier molecular flexibility index (Phi) is 6.00. The van der Waals surface area contributed by atoms with Crippen LogP contribution in [0.2, 0.25) is 0 Å². The molecule has 0 saturated carbocycles. The normalized spacial score (nSPS) is 19.3. The zero-order valence-corrected chi connectivity index (χ0v) is 17.7. The molecule has 0 unspecified atom stereocenters. The molecule has 1 fully saturated rings. The monoisotopic (exact) mass is 406 g/mol. The molecule has 1 amide bonds. The number of nitrogens with zero attached hydrogens (tertiary/aromatic N) is 4. The van der Waals surface area contributed by atoms with Crippen molar-refractivity contribution in [3.05, 3.63) is 60.7 Å². The molecule has 6 heteroatoms. The Bertz CT molecular complexity index is 948. The zero-order chi connectivity index (χ0) is 20.2. The minimum Gasteiger partial charge on any atom is -0.337 e. The number of amides is 1. The maximum Gasteiger partial charge on any atom is 0.233 e. The Labute approximate surface area is 176 Å². The van der Waals surface area contributed by atoms with Crippen LogP contribution in [0.3, 0.4) is 0 Å². The Morgan fingerprint density at radius 3 is 2.24 bits per heavy atom. The highest BCUT2D eigenvalue weighted by Crippen LogP contribution is 2.29. The van der Waals surface area contributed by atoms with Gasteiger partial charge in [-0.15, -0.1) is 10.2 Å². The van der Waals surface area contributed by atoms with Crippen molar-refractivity contribution in [1.29, 1.82) is 0 Å². The molecule has 1 aliphatic heterocycles. The second-order valence-corrected chi connectivity index (χ2v) is 8.50. The minimum atomic E-state index is 0.179. The molecule has 2 aromatic carbocycles. The first kappa shape index (κ1) is 19.7. The van der Waals surface area contributed by atoms with Gasteiger partial charge in [-0.1, -0.05) is 60.3 Å². The maximum atomic E-state index is 13.0. The molecule has 0 radical (unpaired) electrons. The lowest BCUT2D eigenvalue weighted by Crippen LogP contribution is -2.48. The molecule has 4 rings (SSSR count). The van der Waals surface area contributed by atoms with Gasteiger partial charge in [0.15, 0.2) is 11.0 Å². The van der Waals surface area contributed by atoms with Crippen LogP contribution in [0.1, 0.15) is 33.1 Å². The summed E-state index contributed by atoms with van der Waals surface area (Å²) in [6.45, 7) is 4.30. The van der Waals surface area contributed by atoms with Crippen molar-refractivity contribution in [3.63, 3.8) is 0 Å². The molecule has 0 N–H and O–H groups in total. The van der Waals surface area contributed by atoms with Crippen LogP contribution in [0.15, 0.2) is 65.8 Å². The van der Waals surface area contributed by atoms with Crippen molar-refractivity contribution in [2.24, 2.45) is 0 Å². The Balaban J connectivity index is 1.61. The molecule has 2 atom stereocenters. The number of para-hydroxylation sites is 1. The van der Waals surface area contributed by atoms with Crippen LogP contribution in [0.5, 0.6) is 0 Å². The Morgan fingerprint density at radius 1 is 0.966 bits per heavy atom. The number of rotatable bonds is 5. The van der Waals surface area contributed by atoms with Crippen molar-refractivity contribution in [3.8, 4) is 17.1 Å². The van der Waals surface area contributed by atoms with Crippen LogP contribution in [0.4, 0.5) is 0 Å². The molecule has 5 nitrogen and oxygen atoms in total. The van der Waals surface area contributed by atoms with E-state index >= 15 is 0 Å². The summed E-state index contributed by atoms with van der Waals surface area (Å²) in [5.41, 5.74) is 1.99. The van der Waals surface area contributed by atoms with E-state index in [1.807, 2.05) is 65.2 Å². The third-order valence-electron chi connectivity index (χ3n) is 5.49. The molecule has 0 bridgehead atoms. The molecule has 1 aliphatic rings. The van der Waals surface area contributed by atoms with E-state index in [9.17, 15) is 4.79 Å². The highest BCUT2D eigenvalue weighted by Gasteiger charge is 2.29. The first-order valence-electron chi connectivity index (χ1n) is 10.2. The largest absolute Gasteiger partial charge is 0.337 e. The van der Waals surface area contributed by atoms with E-state index in [0.717, 1.165) is 35.1 Å². The minimum absolute atomic E-state index is 0.179. The molecule has 0 aliphatic carbocycles. The third-order valence-corrected chi connectivity index (χ3v) is 6.40. The molecule has 29 heavy (non-hydrogen) atoms. The van der Waals surface area contributed by atoms with Crippen molar-refractivity contribution in [1.82, 2.24) is 19.7 Å². The van der Waals surface area contributed by atoms with Gasteiger partial charge in [0.25, 0.3) is 0 Å². The molecule has 2 heterocycles. The maximum absolute atomic E-state index is 13.0. The van der Waals surface area contributed by atoms with Crippen molar-refractivity contribution in [2.75, 3.05) is 5.75 Å². The van der Waals surface area contributed by atoms with Crippen LogP contribution in [0.25, 0.3) is 17.1 Å². The quantitative estimate of drug-likeness (QED) is 0.570. The van der Waals surface area contributed by atoms with E-state index < -0.39 is 0 Å². The second-order valence-electron chi connectivity index (χ2n) is 7.56. The number of carbonyl (C=O) groups excluding carboxylic acids is 1. The lowest BCUT2D eigenvalue weighted by molar-refractivity contribution is -0.134. The lowest BCUT2D eigenvalue weighted by atomic mass is 9.98. The number of hydrogen-bond donors (Lipinski definition) is 0. The summed E-state index contributed by atoms with van der Waals surface area (Å²) in [6.07, 6.45) is 3.36. The summed E-state index contributed by atoms with van der Waals surface area (Å²) in [4.78, 5) is 15.0. The van der Waals surface area contributed by atoms with Gasteiger partial charge in [-0.25, -0.2) is 0 Å². The SMILES string of the molecule is C[C@@H]1CCC[C@@H](C)N1C(=O)CSc1nnc(-c2ccccc2)n1-c1ccccc1. The van der Waals surface area contributed by atoms with E-state index in [1.165, 1.54) is 18.2 Å². The van der Waals surface area contributed by atoms with E-state index in [4.69, 9.17) is 0 Å². The molecule has 1 aromatic heterocycles. The van der Waals surface area contributed by atoms with Gasteiger partial charge in [0.1, 0.15) is 0 Å². The fourth-order valence-electron chi connectivity index (χ4n) is 4.06. The van der Waals surface area contributed by atoms with Gasteiger partial charge in [-0.05, 0) is 45.2 Å². The molecule has 1 saturated heterocycles. The van der Waals surface area contributed by atoms with Gasteiger partial charge in [0, 0.05) is 23.3 Å². The smallest absolute Gasteiger partial charge is 0.233 e. The van der Waals surface area contributed by atoms with Crippen LogP contribution in [0, 0.1) is 0 Å². The number of carbonyl (C=O) groups is 1. The van der Waals surface area contributed by atoms with Crippen LogP contribution in [-0.4, -0.2) is 43.4 Å². The van der Waals surface area contributed by atoms with Gasteiger partial charge in [0.05, 0.1) is 5.75 Å². The summed E-state index contributed by atoms with van der Waals surface area (Å²) in [6, 6.07) is 20.7. The van der Waals surface area contributed by atoms with Crippen LogP contribution < -0.4 is 0 Å². The Morgan fingerprint density at radius 2 is 1.59 bits per heavy atom. The van der Waals surface area contributed by atoms with E-state index in [-0.39, 0.29) is 5.91 Å². The van der Waals surface area contributed by atoms with Crippen molar-refractivity contribution in [2.45, 2.75) is 50.4 Å². The van der Waals surface area contributed by atoms with Gasteiger partial charge < -0.3 is 4.90 Å². The van der Waals surface area contributed by atoms with Crippen molar-refractivity contribution >= 4 is 17.7 Å². The topological polar surface area (TPSA) is 51.0 Å². The van der Waals surface area contributed by atoms with Crippen LogP contribution in [-0.2, 0) is 4.79 Å². The summed E-state index contributed by atoms with van der Waals surface area (Å²) in [7, 11) is 0. The molecular formula is C23H26N4OS. The lowest BCUT2D eigenvalue weighted by Gasteiger charge is -2.39. The molecule has 3 aromatic rings. The summed E-state index contributed by atoms with van der Waals surface area (Å²) in [5, 5.41) is 9.62. The fraction of sp³-hybridized carbons (Fsp3) is 0.348. The fourth-order valence-corrected chi connectivity index (χ4v) is 4.88. The number of likely N-dealkylation sites (tertiary alicyclic amines) is 1. The first-order valence-corrected chi connectivity index (χ1v) is 11.1. The van der Waals surface area contributed by atoms with Gasteiger partial charge >= 0.3 is 0 Å². The average Bonchev–Trinajstić information content (AvgIpc) is 3.17. The summed E-state index contributed by atoms with van der Waals surface area (Å²) < 4.78 is 2.04. The standard InChI is InChI=1S/C23H26N4OS/c1-17-10-9-11-18(2)26(17)21(28)16-29-23-25-24-22(19-12-5-3-6-13-19)27(23)20-14-7-4-8-15-20/h3-8,12-15,17-18H,9-11,16H2,1-2H3/t17-,18-/m1/s1. The predicted octanol–water partition coefficient (Wildman–Crippen LogP) is 4.82. The van der Waals surface area contributed by atoms with E-state index in [0.29, 0.717) is 17.8 Å². The number of aromatic nitrogens is 3. The average molecular weight is 407 g/mol. The van der Waals surface area contributed by atoms with Crippen LogP contribution >= 0.6 is 11.8 Å². The van der Waals surface area contributed by atoms with Gasteiger partial charge in [-0.2, -0.15) is 0 Å². The number of hydrogen-bond acceptors (Lipinski definition) is 4. The second kappa shape index (κ2) is 8.82. The number of piperidine rings is 1.